The number of piperidine rings is 1. The number of methoxy groups -OCH3 is 1. The van der Waals surface area contributed by atoms with E-state index in [-0.39, 0.29) is 24.6 Å². The molecule has 1 saturated heterocycles. The van der Waals surface area contributed by atoms with Crippen molar-refractivity contribution in [2.24, 2.45) is 0 Å². The predicted molar refractivity (Wildman–Crippen MR) is 64.1 cm³/mol. The summed E-state index contributed by atoms with van der Waals surface area (Å²) in [6.07, 6.45) is 3.61. The number of carbonyl (C=O) groups is 1. The van der Waals surface area contributed by atoms with Crippen molar-refractivity contribution >= 4 is 5.91 Å². The molecule has 0 aliphatic carbocycles. The van der Waals surface area contributed by atoms with Crippen LogP contribution >= 0.6 is 0 Å². The molecule has 19 heavy (non-hydrogen) atoms. The zero-order valence-electron chi connectivity index (χ0n) is 10.7. The maximum atomic E-state index is 12.7. The molecule has 0 aromatic carbocycles. The SMILES string of the molecule is COCC(=O)N1CCCC(Oc2ncc(F)cn2)C1. The van der Waals surface area contributed by atoms with Gasteiger partial charge in [-0.05, 0) is 12.8 Å². The van der Waals surface area contributed by atoms with Crippen LogP contribution in [0.25, 0.3) is 0 Å². The lowest BCUT2D eigenvalue weighted by atomic mass is 10.1. The second-order valence-corrected chi connectivity index (χ2v) is 4.34. The van der Waals surface area contributed by atoms with E-state index in [9.17, 15) is 9.18 Å². The first-order chi connectivity index (χ1) is 9.19. The molecular weight excluding hydrogens is 253 g/mol. The average molecular weight is 269 g/mol. The van der Waals surface area contributed by atoms with Gasteiger partial charge in [0.15, 0.2) is 5.82 Å². The first kappa shape index (κ1) is 13.7. The molecule has 1 amide bonds. The molecule has 1 aromatic heterocycles. The number of amides is 1. The Hall–Kier alpha value is -1.76. The zero-order chi connectivity index (χ0) is 13.7. The lowest BCUT2D eigenvalue weighted by molar-refractivity contribution is -0.137. The van der Waals surface area contributed by atoms with E-state index in [0.29, 0.717) is 13.1 Å². The molecule has 0 saturated carbocycles. The fourth-order valence-corrected chi connectivity index (χ4v) is 1.99. The highest BCUT2D eigenvalue weighted by Crippen LogP contribution is 2.15. The standard InChI is InChI=1S/C12H16FN3O3/c1-18-8-11(17)16-4-2-3-10(7-16)19-12-14-5-9(13)6-15-12/h5-6,10H,2-4,7-8H2,1H3. The highest BCUT2D eigenvalue weighted by molar-refractivity contribution is 5.77. The van der Waals surface area contributed by atoms with E-state index in [1.165, 1.54) is 7.11 Å². The number of hydrogen-bond donors (Lipinski definition) is 0. The summed E-state index contributed by atoms with van der Waals surface area (Å²) in [4.78, 5) is 20.9. The number of hydrogen-bond acceptors (Lipinski definition) is 5. The maximum Gasteiger partial charge on any atom is 0.316 e. The van der Waals surface area contributed by atoms with Crippen LogP contribution in [-0.2, 0) is 9.53 Å². The Balaban J connectivity index is 1.90. The highest BCUT2D eigenvalue weighted by atomic mass is 19.1. The second-order valence-electron chi connectivity index (χ2n) is 4.34. The molecule has 7 heteroatoms. The molecule has 1 aromatic rings. The first-order valence-electron chi connectivity index (χ1n) is 6.10. The van der Waals surface area contributed by atoms with Crippen LogP contribution < -0.4 is 4.74 Å². The molecule has 2 heterocycles. The number of nitrogens with zero attached hydrogens (tertiary/aromatic N) is 3. The molecule has 0 radical (unpaired) electrons. The van der Waals surface area contributed by atoms with Gasteiger partial charge >= 0.3 is 6.01 Å². The van der Waals surface area contributed by atoms with Gasteiger partial charge in [0.25, 0.3) is 0 Å². The van der Waals surface area contributed by atoms with E-state index >= 15 is 0 Å². The number of carbonyl (C=O) groups excluding carboxylic acids is 1. The third kappa shape index (κ3) is 3.85. The van der Waals surface area contributed by atoms with Crippen LogP contribution in [0.2, 0.25) is 0 Å². The summed E-state index contributed by atoms with van der Waals surface area (Å²) < 4.78 is 23.0. The van der Waals surface area contributed by atoms with Crippen LogP contribution in [0.1, 0.15) is 12.8 Å². The molecule has 6 nitrogen and oxygen atoms in total. The lowest BCUT2D eigenvalue weighted by Crippen LogP contribution is -2.45. The van der Waals surface area contributed by atoms with Crippen LogP contribution in [0.3, 0.4) is 0 Å². The van der Waals surface area contributed by atoms with Gasteiger partial charge in [-0.25, -0.2) is 14.4 Å². The van der Waals surface area contributed by atoms with Gasteiger partial charge in [-0.2, -0.15) is 0 Å². The van der Waals surface area contributed by atoms with Crippen molar-refractivity contribution in [3.63, 3.8) is 0 Å². The van der Waals surface area contributed by atoms with Crippen molar-refractivity contribution in [3.8, 4) is 6.01 Å². The third-order valence-corrected chi connectivity index (χ3v) is 2.87. The van der Waals surface area contributed by atoms with Crippen LogP contribution in [0.4, 0.5) is 4.39 Å². The summed E-state index contributed by atoms with van der Waals surface area (Å²) in [5.41, 5.74) is 0. The summed E-state index contributed by atoms with van der Waals surface area (Å²) in [7, 11) is 1.49. The van der Waals surface area contributed by atoms with Gasteiger partial charge in [0.05, 0.1) is 18.9 Å². The Bertz CT molecular complexity index is 427. The van der Waals surface area contributed by atoms with Gasteiger partial charge in [-0.1, -0.05) is 0 Å². The van der Waals surface area contributed by atoms with Crippen LogP contribution in [0.5, 0.6) is 6.01 Å². The average Bonchev–Trinajstić information content (AvgIpc) is 2.42. The van der Waals surface area contributed by atoms with Crippen LogP contribution in [0, 0.1) is 5.82 Å². The maximum absolute atomic E-state index is 12.7. The Morgan fingerprint density at radius 1 is 1.53 bits per heavy atom. The number of likely N-dealkylation sites (tertiary alicyclic amines) is 1. The van der Waals surface area contributed by atoms with E-state index in [1.807, 2.05) is 0 Å². The van der Waals surface area contributed by atoms with Crippen molar-refractivity contribution in [3.05, 3.63) is 18.2 Å². The normalized spacial score (nSPS) is 19.3. The Kier molecular flexibility index (Phi) is 4.62. The minimum Gasteiger partial charge on any atom is -0.458 e. The Morgan fingerprint density at radius 3 is 2.95 bits per heavy atom. The minimum atomic E-state index is -0.507. The largest absolute Gasteiger partial charge is 0.458 e. The van der Waals surface area contributed by atoms with E-state index in [2.05, 4.69) is 9.97 Å². The number of halogens is 1. The van der Waals surface area contributed by atoms with Gasteiger partial charge < -0.3 is 14.4 Å². The zero-order valence-corrected chi connectivity index (χ0v) is 10.7. The quantitative estimate of drug-likeness (QED) is 0.802. The van der Waals surface area contributed by atoms with Crippen molar-refractivity contribution in [2.75, 3.05) is 26.8 Å². The molecular formula is C12H16FN3O3. The number of aromatic nitrogens is 2. The fraction of sp³-hybridized carbons (Fsp3) is 0.583. The summed E-state index contributed by atoms with van der Waals surface area (Å²) in [6, 6.07) is 0.132. The monoisotopic (exact) mass is 269 g/mol. The van der Waals surface area contributed by atoms with Crippen molar-refractivity contribution in [2.45, 2.75) is 18.9 Å². The van der Waals surface area contributed by atoms with Gasteiger partial charge in [0.1, 0.15) is 12.7 Å². The van der Waals surface area contributed by atoms with Gasteiger partial charge in [-0.15, -0.1) is 0 Å². The molecule has 1 fully saturated rings. The van der Waals surface area contributed by atoms with E-state index < -0.39 is 5.82 Å². The van der Waals surface area contributed by atoms with Crippen molar-refractivity contribution in [1.82, 2.24) is 14.9 Å². The molecule has 0 N–H and O–H groups in total. The summed E-state index contributed by atoms with van der Waals surface area (Å²) in [5.74, 6) is -0.566. The predicted octanol–water partition coefficient (Wildman–Crippen LogP) is 0.632. The lowest BCUT2D eigenvalue weighted by Gasteiger charge is -2.32. The third-order valence-electron chi connectivity index (χ3n) is 2.87. The molecule has 104 valence electrons. The van der Waals surface area contributed by atoms with E-state index in [1.54, 1.807) is 4.90 Å². The van der Waals surface area contributed by atoms with Crippen molar-refractivity contribution in [1.29, 1.82) is 0 Å². The molecule has 2 rings (SSSR count). The minimum absolute atomic E-state index is 0.0594. The van der Waals surface area contributed by atoms with Gasteiger partial charge in [0, 0.05) is 13.7 Å². The van der Waals surface area contributed by atoms with Crippen molar-refractivity contribution < 1.29 is 18.7 Å². The summed E-state index contributed by atoms with van der Waals surface area (Å²) in [5, 5.41) is 0. The highest BCUT2D eigenvalue weighted by Gasteiger charge is 2.25. The van der Waals surface area contributed by atoms with Gasteiger partial charge in [-0.3, -0.25) is 4.79 Å². The Labute approximate surface area is 110 Å². The first-order valence-corrected chi connectivity index (χ1v) is 6.10. The number of rotatable bonds is 4. The molecule has 1 aliphatic rings. The molecule has 0 spiro atoms. The van der Waals surface area contributed by atoms with Crippen LogP contribution in [-0.4, -0.2) is 53.7 Å². The molecule has 1 aliphatic heterocycles. The smallest absolute Gasteiger partial charge is 0.316 e. The number of ether oxygens (including phenoxy) is 2. The van der Waals surface area contributed by atoms with Gasteiger partial charge in [0.2, 0.25) is 5.91 Å². The summed E-state index contributed by atoms with van der Waals surface area (Å²) in [6.45, 7) is 1.25. The van der Waals surface area contributed by atoms with E-state index in [4.69, 9.17) is 9.47 Å². The second kappa shape index (κ2) is 6.42. The Morgan fingerprint density at radius 2 is 2.26 bits per heavy atom. The topological polar surface area (TPSA) is 64.5 Å². The molecule has 0 bridgehead atoms. The van der Waals surface area contributed by atoms with Crippen LogP contribution in [0.15, 0.2) is 12.4 Å². The summed E-state index contributed by atoms with van der Waals surface area (Å²) >= 11 is 0. The fourth-order valence-electron chi connectivity index (χ4n) is 1.99. The van der Waals surface area contributed by atoms with E-state index in [0.717, 1.165) is 25.2 Å². The molecule has 1 atom stereocenters. The molecule has 1 unspecified atom stereocenters.